The molecule has 0 aromatic heterocycles. The van der Waals surface area contributed by atoms with Gasteiger partial charge in [0.05, 0.1) is 6.10 Å². The van der Waals surface area contributed by atoms with Crippen molar-refractivity contribution >= 4 is 12.4 Å². The summed E-state index contributed by atoms with van der Waals surface area (Å²) in [6.45, 7) is 4.26. The lowest BCUT2D eigenvalue weighted by Crippen LogP contribution is -2.42. The van der Waals surface area contributed by atoms with Crippen LogP contribution in [0.25, 0.3) is 0 Å². The fourth-order valence-corrected chi connectivity index (χ4v) is 3.57. The average molecular weight is 233 g/mol. The predicted octanol–water partition coefficient (Wildman–Crippen LogP) is 0.473. The summed E-state index contributed by atoms with van der Waals surface area (Å²) in [7, 11) is 0. The van der Waals surface area contributed by atoms with Gasteiger partial charge in [0.2, 0.25) is 0 Å². The quantitative estimate of drug-likeness (QED) is 0.690. The minimum Gasteiger partial charge on any atom is -0.390 e. The van der Waals surface area contributed by atoms with E-state index in [1.54, 1.807) is 0 Å². The molecule has 0 radical (unpaired) electrons. The molecule has 0 amide bonds. The topological polar surface area (TPSA) is 35.5 Å². The van der Waals surface area contributed by atoms with E-state index in [1.807, 2.05) is 0 Å². The van der Waals surface area contributed by atoms with E-state index < -0.39 is 0 Å². The van der Waals surface area contributed by atoms with Gasteiger partial charge in [0.15, 0.2) is 0 Å². The first-order valence-corrected chi connectivity index (χ1v) is 5.97. The molecule has 3 fully saturated rings. The first kappa shape index (κ1) is 11.6. The van der Waals surface area contributed by atoms with Crippen molar-refractivity contribution in [1.29, 1.82) is 0 Å². The third-order valence-electron chi connectivity index (χ3n) is 4.37. The molecule has 0 spiro atoms. The van der Waals surface area contributed by atoms with E-state index in [0.29, 0.717) is 6.04 Å². The maximum Gasteiger partial charge on any atom is 0.0831 e. The van der Waals surface area contributed by atoms with Crippen LogP contribution < -0.4 is 5.32 Å². The number of nitrogens with one attached hydrogen (secondary N) is 1. The molecule has 2 heterocycles. The summed E-state index contributed by atoms with van der Waals surface area (Å²) < 4.78 is 0. The Hall–Kier alpha value is 0.170. The lowest BCUT2D eigenvalue weighted by atomic mass is 10.0. The molecule has 3 aliphatic rings. The molecule has 1 saturated carbocycles. The molecular formula is C11H21ClN2O. The van der Waals surface area contributed by atoms with E-state index in [2.05, 4.69) is 10.2 Å². The maximum absolute atomic E-state index is 9.81. The summed E-state index contributed by atoms with van der Waals surface area (Å²) in [5.41, 5.74) is 0. The number of halogens is 1. The molecule has 4 heteroatoms. The molecule has 0 aromatic carbocycles. The minimum atomic E-state index is -0.131. The van der Waals surface area contributed by atoms with E-state index in [9.17, 15) is 5.11 Å². The molecule has 2 unspecified atom stereocenters. The third-order valence-corrected chi connectivity index (χ3v) is 4.37. The van der Waals surface area contributed by atoms with Gasteiger partial charge < -0.3 is 10.4 Å². The van der Waals surface area contributed by atoms with Gasteiger partial charge in [-0.3, -0.25) is 4.90 Å². The largest absolute Gasteiger partial charge is 0.390 e. The SMILES string of the molecule is Cl.O[C@@H]1CNC[C@H]1N1CC2CCCC2C1. The highest BCUT2D eigenvalue weighted by Crippen LogP contribution is 2.38. The fourth-order valence-electron chi connectivity index (χ4n) is 3.57. The average Bonchev–Trinajstić information content (AvgIpc) is 2.75. The Labute approximate surface area is 97.6 Å². The van der Waals surface area contributed by atoms with Crippen molar-refractivity contribution < 1.29 is 5.11 Å². The van der Waals surface area contributed by atoms with Gasteiger partial charge >= 0.3 is 0 Å². The van der Waals surface area contributed by atoms with Crippen molar-refractivity contribution in [2.24, 2.45) is 11.8 Å². The highest BCUT2D eigenvalue weighted by Gasteiger charge is 2.41. The van der Waals surface area contributed by atoms with Crippen molar-refractivity contribution in [2.75, 3.05) is 26.2 Å². The molecule has 2 saturated heterocycles. The fraction of sp³-hybridized carbons (Fsp3) is 1.00. The van der Waals surface area contributed by atoms with Crippen molar-refractivity contribution in [2.45, 2.75) is 31.4 Å². The molecule has 3 rings (SSSR count). The zero-order valence-corrected chi connectivity index (χ0v) is 9.88. The smallest absolute Gasteiger partial charge is 0.0831 e. The van der Waals surface area contributed by atoms with Crippen LogP contribution in [0, 0.1) is 11.8 Å². The van der Waals surface area contributed by atoms with E-state index in [-0.39, 0.29) is 18.5 Å². The Balaban J connectivity index is 0.000000853. The second-order valence-electron chi connectivity index (χ2n) is 5.20. The summed E-state index contributed by atoms with van der Waals surface area (Å²) in [5.74, 6) is 1.89. The molecule has 2 N–H and O–H groups in total. The van der Waals surface area contributed by atoms with Gasteiger partial charge in [0, 0.05) is 32.2 Å². The van der Waals surface area contributed by atoms with E-state index >= 15 is 0 Å². The van der Waals surface area contributed by atoms with Crippen LogP contribution in [0.5, 0.6) is 0 Å². The van der Waals surface area contributed by atoms with Gasteiger partial charge in [-0.1, -0.05) is 6.42 Å². The number of hydrogen-bond donors (Lipinski definition) is 2. The van der Waals surface area contributed by atoms with Crippen molar-refractivity contribution in [1.82, 2.24) is 10.2 Å². The summed E-state index contributed by atoms with van der Waals surface area (Å²) in [4.78, 5) is 2.53. The maximum atomic E-state index is 9.81. The minimum absolute atomic E-state index is 0. The second kappa shape index (κ2) is 4.58. The Morgan fingerprint density at radius 3 is 2.27 bits per heavy atom. The first-order chi connectivity index (χ1) is 6.84. The van der Waals surface area contributed by atoms with Gasteiger partial charge in [0.25, 0.3) is 0 Å². The molecule has 3 nitrogen and oxygen atoms in total. The third kappa shape index (κ3) is 2.03. The van der Waals surface area contributed by atoms with Gasteiger partial charge in [-0.15, -0.1) is 12.4 Å². The molecule has 0 aromatic rings. The number of hydrogen-bond acceptors (Lipinski definition) is 3. The Bertz CT molecular complexity index is 215. The Kier molecular flexibility index (Phi) is 3.56. The number of fused-ring (bicyclic) bond motifs is 1. The van der Waals surface area contributed by atoms with Crippen molar-refractivity contribution in [3.63, 3.8) is 0 Å². The standard InChI is InChI=1S/C11H20N2O.ClH/c14-11-5-12-4-10(11)13-6-8-2-1-3-9(8)7-13;/h8-12,14H,1-7H2;1H/t8?,9?,10-,11-;/m1./s1. The lowest BCUT2D eigenvalue weighted by molar-refractivity contribution is 0.0934. The van der Waals surface area contributed by atoms with Crippen LogP contribution in [-0.4, -0.2) is 48.3 Å². The monoisotopic (exact) mass is 232 g/mol. The number of nitrogens with zero attached hydrogens (tertiary/aromatic N) is 1. The van der Waals surface area contributed by atoms with Crippen LogP contribution in [0.3, 0.4) is 0 Å². The summed E-state index contributed by atoms with van der Waals surface area (Å²) >= 11 is 0. The van der Waals surface area contributed by atoms with Crippen molar-refractivity contribution in [3.05, 3.63) is 0 Å². The van der Waals surface area contributed by atoms with Crippen LogP contribution in [0.2, 0.25) is 0 Å². The zero-order valence-electron chi connectivity index (χ0n) is 9.06. The zero-order chi connectivity index (χ0) is 9.54. The highest BCUT2D eigenvalue weighted by atomic mass is 35.5. The van der Waals surface area contributed by atoms with E-state index in [0.717, 1.165) is 24.9 Å². The molecule has 2 aliphatic heterocycles. The molecule has 1 aliphatic carbocycles. The molecule has 15 heavy (non-hydrogen) atoms. The van der Waals surface area contributed by atoms with Gasteiger partial charge in [0.1, 0.15) is 0 Å². The normalized spacial score (nSPS) is 45.4. The summed E-state index contributed by atoms with van der Waals surface area (Å²) in [6, 6.07) is 0.403. The molecular weight excluding hydrogens is 212 g/mol. The lowest BCUT2D eigenvalue weighted by Gasteiger charge is -2.26. The van der Waals surface area contributed by atoms with Gasteiger partial charge in [-0.25, -0.2) is 0 Å². The number of aliphatic hydroxyl groups is 1. The Morgan fingerprint density at radius 2 is 1.73 bits per heavy atom. The van der Waals surface area contributed by atoms with Crippen molar-refractivity contribution in [3.8, 4) is 0 Å². The second-order valence-corrected chi connectivity index (χ2v) is 5.20. The van der Waals surface area contributed by atoms with Crippen LogP contribution in [-0.2, 0) is 0 Å². The van der Waals surface area contributed by atoms with Crippen LogP contribution in [0.4, 0.5) is 0 Å². The highest BCUT2D eigenvalue weighted by molar-refractivity contribution is 5.85. The number of likely N-dealkylation sites (tertiary alicyclic amines) is 1. The van der Waals surface area contributed by atoms with E-state index in [1.165, 1.54) is 32.4 Å². The van der Waals surface area contributed by atoms with Crippen LogP contribution in [0.15, 0.2) is 0 Å². The van der Waals surface area contributed by atoms with E-state index in [4.69, 9.17) is 0 Å². The number of β-amino-alcohol motifs (C(OH)–C–C–N with tert-alkyl or cyclic N) is 1. The summed E-state index contributed by atoms with van der Waals surface area (Å²) in [5, 5.41) is 13.1. The molecule has 4 atom stereocenters. The molecule has 88 valence electrons. The molecule has 0 bridgehead atoms. The van der Waals surface area contributed by atoms with Gasteiger partial charge in [-0.2, -0.15) is 0 Å². The van der Waals surface area contributed by atoms with Crippen LogP contribution in [0.1, 0.15) is 19.3 Å². The Morgan fingerprint density at radius 1 is 1.07 bits per heavy atom. The van der Waals surface area contributed by atoms with Gasteiger partial charge in [-0.05, 0) is 24.7 Å². The van der Waals surface area contributed by atoms with Crippen LogP contribution >= 0.6 is 12.4 Å². The number of aliphatic hydroxyl groups excluding tert-OH is 1. The summed E-state index contributed by atoms with van der Waals surface area (Å²) in [6.07, 6.45) is 4.16. The first-order valence-electron chi connectivity index (χ1n) is 5.97. The number of rotatable bonds is 1. The predicted molar refractivity (Wildman–Crippen MR) is 62.3 cm³/mol.